The van der Waals surface area contributed by atoms with Crippen molar-refractivity contribution in [3.8, 4) is 11.5 Å². The zero-order valence-corrected chi connectivity index (χ0v) is 23.0. The average molecular weight is 547 g/mol. The van der Waals surface area contributed by atoms with E-state index in [-0.39, 0.29) is 25.2 Å². The predicted molar refractivity (Wildman–Crippen MR) is 152 cm³/mol. The molecule has 0 saturated heterocycles. The Hall–Kier alpha value is -4.66. The zero-order chi connectivity index (χ0) is 28.9. The molecule has 0 aliphatic heterocycles. The van der Waals surface area contributed by atoms with E-state index in [1.165, 1.54) is 5.56 Å². The van der Waals surface area contributed by atoms with Crippen molar-refractivity contribution in [1.29, 1.82) is 0 Å². The van der Waals surface area contributed by atoms with Gasteiger partial charge in [-0.2, -0.15) is 0 Å². The second kappa shape index (κ2) is 15.1. The van der Waals surface area contributed by atoms with Crippen LogP contribution in [0.5, 0.6) is 11.5 Å². The van der Waals surface area contributed by atoms with Gasteiger partial charge >= 0.3 is 11.9 Å². The third-order valence-electron chi connectivity index (χ3n) is 5.84. The second-order valence-corrected chi connectivity index (χ2v) is 9.20. The summed E-state index contributed by atoms with van der Waals surface area (Å²) in [6, 6.07) is 19.1. The van der Waals surface area contributed by atoms with Crippen molar-refractivity contribution in [3.63, 3.8) is 0 Å². The van der Waals surface area contributed by atoms with Gasteiger partial charge in [-0.3, -0.25) is 14.4 Å². The van der Waals surface area contributed by atoms with E-state index in [9.17, 15) is 19.2 Å². The van der Waals surface area contributed by atoms with Gasteiger partial charge in [-0.15, -0.1) is 0 Å². The lowest BCUT2D eigenvalue weighted by Crippen LogP contribution is -2.21. The van der Waals surface area contributed by atoms with Crippen LogP contribution in [0.2, 0.25) is 0 Å². The number of carbonyl (C=O) groups is 4. The van der Waals surface area contributed by atoms with E-state index in [0.717, 1.165) is 17.7 Å². The summed E-state index contributed by atoms with van der Waals surface area (Å²) >= 11 is 0. The van der Waals surface area contributed by atoms with Crippen LogP contribution in [0.3, 0.4) is 0 Å². The van der Waals surface area contributed by atoms with Gasteiger partial charge < -0.3 is 24.8 Å². The first-order valence-electron chi connectivity index (χ1n) is 13.1. The highest BCUT2D eigenvalue weighted by Crippen LogP contribution is 2.25. The minimum Gasteiger partial charge on any atom is -0.462 e. The third kappa shape index (κ3) is 9.90. The van der Waals surface area contributed by atoms with Crippen LogP contribution in [-0.2, 0) is 23.9 Å². The summed E-state index contributed by atoms with van der Waals surface area (Å²) in [5.74, 6) is -0.377. The van der Waals surface area contributed by atoms with E-state index < -0.39 is 24.5 Å². The van der Waals surface area contributed by atoms with Crippen LogP contribution in [0.25, 0.3) is 0 Å². The molecule has 3 aromatic rings. The molecule has 40 heavy (non-hydrogen) atoms. The summed E-state index contributed by atoms with van der Waals surface area (Å²) in [6.45, 7) is 5.85. The van der Waals surface area contributed by atoms with Gasteiger partial charge in [0.25, 0.3) is 5.91 Å². The van der Waals surface area contributed by atoms with Crippen molar-refractivity contribution in [2.45, 2.75) is 46.5 Å². The fraction of sp³-hybridized carbons (Fsp3) is 0.290. The van der Waals surface area contributed by atoms with Crippen molar-refractivity contribution >= 4 is 35.1 Å². The molecule has 0 fully saturated rings. The number of ether oxygens (including phenoxy) is 3. The quantitative estimate of drug-likeness (QED) is 0.254. The van der Waals surface area contributed by atoms with Gasteiger partial charge in [-0.05, 0) is 98.5 Å². The number of rotatable bonds is 13. The molecular weight excluding hydrogens is 512 g/mol. The predicted octanol–water partition coefficient (Wildman–Crippen LogP) is 5.95. The van der Waals surface area contributed by atoms with Gasteiger partial charge in [-0.25, -0.2) is 4.79 Å². The number of hydrogen-bond acceptors (Lipinski definition) is 7. The van der Waals surface area contributed by atoms with Gasteiger partial charge in [0, 0.05) is 24.2 Å². The molecule has 0 aliphatic carbocycles. The Bertz CT molecular complexity index is 1320. The number of nitrogens with one attached hydrogen (secondary N) is 2. The first-order valence-corrected chi connectivity index (χ1v) is 13.1. The normalized spacial score (nSPS) is 10.4. The Morgan fingerprint density at radius 3 is 1.98 bits per heavy atom. The molecule has 3 aromatic carbocycles. The molecule has 0 unspecified atom stereocenters. The molecule has 0 atom stereocenters. The molecular formula is C31H34N2O7. The summed E-state index contributed by atoms with van der Waals surface area (Å²) in [5, 5.41) is 5.37. The number of anilines is 2. The van der Waals surface area contributed by atoms with Crippen LogP contribution in [-0.4, -0.2) is 37.0 Å². The monoisotopic (exact) mass is 546 g/mol. The number of benzene rings is 3. The van der Waals surface area contributed by atoms with Crippen molar-refractivity contribution in [2.75, 3.05) is 23.8 Å². The Morgan fingerprint density at radius 1 is 0.700 bits per heavy atom. The molecule has 0 saturated carbocycles. The lowest BCUT2D eigenvalue weighted by Gasteiger charge is -2.10. The second-order valence-electron chi connectivity index (χ2n) is 9.20. The minimum atomic E-state index is -0.579. The molecule has 0 aromatic heterocycles. The number of esters is 2. The van der Waals surface area contributed by atoms with Gasteiger partial charge in [0.2, 0.25) is 5.91 Å². The zero-order valence-electron chi connectivity index (χ0n) is 23.0. The molecule has 9 heteroatoms. The Kier molecular flexibility index (Phi) is 11.3. The highest BCUT2D eigenvalue weighted by molar-refractivity contribution is 5.94. The fourth-order valence-electron chi connectivity index (χ4n) is 3.52. The molecule has 9 nitrogen and oxygen atoms in total. The van der Waals surface area contributed by atoms with Crippen molar-refractivity contribution in [2.24, 2.45) is 0 Å². The third-order valence-corrected chi connectivity index (χ3v) is 5.84. The van der Waals surface area contributed by atoms with Crippen LogP contribution in [0.15, 0.2) is 66.7 Å². The van der Waals surface area contributed by atoms with Crippen LogP contribution < -0.4 is 15.4 Å². The van der Waals surface area contributed by atoms with E-state index in [2.05, 4.69) is 10.6 Å². The maximum absolute atomic E-state index is 12.2. The van der Waals surface area contributed by atoms with Gasteiger partial charge in [0.05, 0.1) is 12.2 Å². The Balaban J connectivity index is 1.32. The molecule has 3 rings (SSSR count). The first kappa shape index (κ1) is 29.9. The summed E-state index contributed by atoms with van der Waals surface area (Å²) in [6.07, 6.45) is 1.12. The van der Waals surface area contributed by atoms with Gasteiger partial charge in [0.15, 0.2) is 6.61 Å². The molecule has 2 N–H and O–H groups in total. The molecule has 210 valence electrons. The fourth-order valence-corrected chi connectivity index (χ4v) is 3.52. The molecule has 0 spiro atoms. The summed E-state index contributed by atoms with van der Waals surface area (Å²) in [7, 11) is 0. The van der Waals surface area contributed by atoms with Gasteiger partial charge in [-0.1, -0.05) is 13.0 Å². The van der Waals surface area contributed by atoms with Gasteiger partial charge in [0.1, 0.15) is 11.5 Å². The van der Waals surface area contributed by atoms with Crippen LogP contribution in [0, 0.1) is 13.8 Å². The summed E-state index contributed by atoms with van der Waals surface area (Å²) in [5.41, 5.74) is 3.77. The molecule has 0 aliphatic rings. The smallest absolute Gasteiger partial charge is 0.338 e. The van der Waals surface area contributed by atoms with Crippen LogP contribution in [0.4, 0.5) is 11.4 Å². The van der Waals surface area contributed by atoms with E-state index in [0.29, 0.717) is 29.3 Å². The van der Waals surface area contributed by atoms with Crippen LogP contribution in [0.1, 0.15) is 54.1 Å². The van der Waals surface area contributed by atoms with Crippen molar-refractivity contribution < 1.29 is 33.4 Å². The van der Waals surface area contributed by atoms with Crippen molar-refractivity contribution in [3.05, 3.63) is 83.4 Å². The van der Waals surface area contributed by atoms with E-state index in [1.807, 2.05) is 39.0 Å². The lowest BCUT2D eigenvalue weighted by molar-refractivity contribution is -0.147. The maximum atomic E-state index is 12.2. The topological polar surface area (TPSA) is 120 Å². The molecule has 0 radical (unpaired) electrons. The standard InChI is InChI=1S/C31H34N2O7/c1-4-18-38-31(37)23-9-11-24(12-10-23)33-29(35)20-39-30(36)7-5-6-28(34)32-25-13-16-26(17-14-25)40-27-15-8-21(2)22(3)19-27/h8-17,19H,4-7,18,20H2,1-3H3,(H,32,34)(H,33,35). The maximum Gasteiger partial charge on any atom is 0.338 e. The molecule has 0 bridgehead atoms. The Morgan fingerprint density at radius 2 is 1.32 bits per heavy atom. The summed E-state index contributed by atoms with van der Waals surface area (Å²) in [4.78, 5) is 48.1. The molecule has 0 heterocycles. The van der Waals surface area contributed by atoms with E-state index in [4.69, 9.17) is 14.2 Å². The number of hydrogen-bond donors (Lipinski definition) is 2. The highest BCUT2D eigenvalue weighted by atomic mass is 16.5. The Labute approximate surface area is 233 Å². The first-order chi connectivity index (χ1) is 19.2. The largest absolute Gasteiger partial charge is 0.462 e. The van der Waals surface area contributed by atoms with Crippen LogP contribution >= 0.6 is 0 Å². The average Bonchev–Trinajstić information content (AvgIpc) is 2.94. The minimum absolute atomic E-state index is 0.00197. The number of aryl methyl sites for hydroxylation is 2. The molecule has 2 amide bonds. The SMILES string of the molecule is CCCOC(=O)c1ccc(NC(=O)COC(=O)CCCC(=O)Nc2ccc(Oc3ccc(C)c(C)c3)cc2)cc1. The highest BCUT2D eigenvalue weighted by Gasteiger charge is 2.11. The number of carbonyl (C=O) groups excluding carboxylic acids is 4. The van der Waals surface area contributed by atoms with E-state index >= 15 is 0 Å². The van der Waals surface area contributed by atoms with Crippen molar-refractivity contribution in [1.82, 2.24) is 0 Å². The van der Waals surface area contributed by atoms with E-state index in [1.54, 1.807) is 48.5 Å². The number of amides is 2. The lowest BCUT2D eigenvalue weighted by atomic mass is 10.1. The summed E-state index contributed by atoms with van der Waals surface area (Å²) < 4.78 is 15.9.